The molecule has 2 fully saturated rings. The van der Waals surface area contributed by atoms with E-state index in [2.05, 4.69) is 39.7 Å². The average molecular weight is 434 g/mol. The summed E-state index contributed by atoms with van der Waals surface area (Å²) in [5.74, 6) is 0.767. The third kappa shape index (κ3) is 4.08. The van der Waals surface area contributed by atoms with E-state index in [0.717, 1.165) is 60.9 Å². The molecule has 6 heteroatoms. The van der Waals surface area contributed by atoms with Crippen LogP contribution in [-0.4, -0.2) is 65.6 Å². The van der Waals surface area contributed by atoms with Gasteiger partial charge in [0.25, 0.3) is 5.91 Å². The fourth-order valence-corrected chi connectivity index (χ4v) is 5.14. The number of halogens is 1. The third-order valence-electron chi connectivity index (χ3n) is 5.77. The van der Waals surface area contributed by atoms with Gasteiger partial charge >= 0.3 is 0 Å². The van der Waals surface area contributed by atoms with Gasteiger partial charge in [0.15, 0.2) is 0 Å². The van der Waals surface area contributed by atoms with E-state index < -0.39 is 0 Å². The van der Waals surface area contributed by atoms with Crippen LogP contribution in [0.2, 0.25) is 0 Å². The Morgan fingerprint density at radius 3 is 2.52 bits per heavy atom. The lowest BCUT2D eigenvalue weighted by Crippen LogP contribution is -2.48. The van der Waals surface area contributed by atoms with E-state index in [-0.39, 0.29) is 5.91 Å². The van der Waals surface area contributed by atoms with Crippen molar-refractivity contribution < 1.29 is 9.53 Å². The first-order valence-corrected chi connectivity index (χ1v) is 10.7. The standard InChI is InChI=1S/C21H28BrN3O2/c1-14-11-24(12-15(2)27-14)13-16-7-9-25(10-8-16)21(26)20-19(22)17-5-3-4-6-18(17)23-20/h3-6,14-16,23H,7-13H2,1-2H3. The number of nitrogens with zero attached hydrogens (tertiary/aromatic N) is 2. The molecule has 1 amide bonds. The van der Waals surface area contributed by atoms with E-state index in [9.17, 15) is 4.79 Å². The average Bonchev–Trinajstić information content (AvgIpc) is 2.98. The van der Waals surface area contributed by atoms with Crippen LogP contribution in [0.15, 0.2) is 28.7 Å². The van der Waals surface area contributed by atoms with E-state index in [1.54, 1.807) is 0 Å². The minimum absolute atomic E-state index is 0.102. The lowest BCUT2D eigenvalue weighted by molar-refractivity contribution is -0.0728. The molecule has 2 unspecified atom stereocenters. The number of fused-ring (bicyclic) bond motifs is 1. The molecule has 2 saturated heterocycles. The number of aromatic amines is 1. The van der Waals surface area contributed by atoms with Crippen LogP contribution in [0, 0.1) is 5.92 Å². The largest absolute Gasteiger partial charge is 0.373 e. The summed E-state index contributed by atoms with van der Waals surface area (Å²) in [6.45, 7) is 9.14. The van der Waals surface area contributed by atoms with Crippen molar-refractivity contribution in [2.75, 3.05) is 32.7 Å². The SMILES string of the molecule is CC1CN(CC2CCN(C(=O)c3[nH]c4ccccc4c3Br)CC2)CC(C)O1. The summed E-state index contributed by atoms with van der Waals surface area (Å²) in [6.07, 6.45) is 2.78. The second-order valence-electron chi connectivity index (χ2n) is 8.07. The van der Waals surface area contributed by atoms with Gasteiger partial charge in [-0.15, -0.1) is 0 Å². The number of ether oxygens (including phenoxy) is 1. The van der Waals surface area contributed by atoms with Crippen molar-refractivity contribution in [3.05, 3.63) is 34.4 Å². The molecular weight excluding hydrogens is 406 g/mol. The number of aromatic nitrogens is 1. The maximum atomic E-state index is 13.0. The first-order chi connectivity index (χ1) is 13.0. The van der Waals surface area contributed by atoms with Crippen molar-refractivity contribution in [3.8, 4) is 0 Å². The molecule has 0 saturated carbocycles. The van der Waals surface area contributed by atoms with Crippen LogP contribution in [0.4, 0.5) is 0 Å². The molecular formula is C21H28BrN3O2. The fraction of sp³-hybridized carbons (Fsp3) is 0.571. The second kappa shape index (κ2) is 7.94. The molecule has 0 radical (unpaired) electrons. The van der Waals surface area contributed by atoms with Gasteiger partial charge in [-0.05, 0) is 54.6 Å². The Labute approximate surface area is 169 Å². The molecule has 2 aliphatic rings. The molecule has 3 heterocycles. The van der Waals surface area contributed by atoms with Crippen molar-refractivity contribution in [2.45, 2.75) is 38.9 Å². The van der Waals surface area contributed by atoms with Gasteiger partial charge in [-0.25, -0.2) is 0 Å². The Hall–Kier alpha value is -1.37. The molecule has 1 aromatic carbocycles. The number of carbonyl (C=O) groups is 1. The number of nitrogens with one attached hydrogen (secondary N) is 1. The van der Waals surface area contributed by atoms with Crippen LogP contribution < -0.4 is 0 Å². The van der Waals surface area contributed by atoms with Gasteiger partial charge in [-0.2, -0.15) is 0 Å². The number of likely N-dealkylation sites (tertiary alicyclic amines) is 1. The van der Waals surface area contributed by atoms with E-state index in [1.165, 1.54) is 0 Å². The molecule has 0 bridgehead atoms. The maximum absolute atomic E-state index is 13.0. The highest BCUT2D eigenvalue weighted by molar-refractivity contribution is 9.10. The van der Waals surface area contributed by atoms with Crippen LogP contribution in [0.1, 0.15) is 37.2 Å². The Morgan fingerprint density at radius 2 is 1.85 bits per heavy atom. The molecule has 0 spiro atoms. The number of rotatable bonds is 3. The first kappa shape index (κ1) is 19.0. The minimum Gasteiger partial charge on any atom is -0.373 e. The summed E-state index contributed by atoms with van der Waals surface area (Å²) in [4.78, 5) is 20.8. The summed E-state index contributed by atoms with van der Waals surface area (Å²) in [5, 5.41) is 1.06. The summed E-state index contributed by atoms with van der Waals surface area (Å²) >= 11 is 3.61. The monoisotopic (exact) mass is 433 g/mol. The molecule has 146 valence electrons. The van der Waals surface area contributed by atoms with Crippen LogP contribution >= 0.6 is 15.9 Å². The molecule has 1 N–H and O–H groups in total. The highest BCUT2D eigenvalue weighted by Crippen LogP contribution is 2.30. The molecule has 2 atom stereocenters. The molecule has 5 nitrogen and oxygen atoms in total. The van der Waals surface area contributed by atoms with Gasteiger partial charge in [-0.3, -0.25) is 9.69 Å². The second-order valence-corrected chi connectivity index (χ2v) is 8.86. The number of benzene rings is 1. The number of H-pyrrole nitrogens is 1. The molecule has 2 aromatic rings. The van der Waals surface area contributed by atoms with Gasteiger partial charge in [-0.1, -0.05) is 18.2 Å². The minimum atomic E-state index is 0.102. The molecule has 4 rings (SSSR count). The van der Waals surface area contributed by atoms with Crippen molar-refractivity contribution in [2.24, 2.45) is 5.92 Å². The quantitative estimate of drug-likeness (QED) is 0.798. The Bertz CT molecular complexity index is 803. The number of amides is 1. The van der Waals surface area contributed by atoms with Crippen molar-refractivity contribution >= 4 is 32.7 Å². The maximum Gasteiger partial charge on any atom is 0.271 e. The fourth-order valence-electron chi connectivity index (χ4n) is 4.53. The first-order valence-electron chi connectivity index (χ1n) is 9.94. The van der Waals surface area contributed by atoms with E-state index in [4.69, 9.17) is 4.74 Å². The summed E-state index contributed by atoms with van der Waals surface area (Å²) in [7, 11) is 0. The molecule has 2 aliphatic heterocycles. The Balaban J connectivity index is 1.36. The topological polar surface area (TPSA) is 48.6 Å². The van der Waals surface area contributed by atoms with E-state index in [0.29, 0.717) is 23.8 Å². The molecule has 27 heavy (non-hydrogen) atoms. The number of hydrogen-bond donors (Lipinski definition) is 1. The number of hydrogen-bond acceptors (Lipinski definition) is 3. The summed E-state index contributed by atoms with van der Waals surface area (Å²) in [5.41, 5.74) is 1.67. The van der Waals surface area contributed by atoms with Crippen LogP contribution in [0.3, 0.4) is 0 Å². The van der Waals surface area contributed by atoms with Gasteiger partial charge in [0.05, 0.1) is 16.7 Å². The smallest absolute Gasteiger partial charge is 0.271 e. The highest BCUT2D eigenvalue weighted by Gasteiger charge is 2.29. The predicted molar refractivity (Wildman–Crippen MR) is 111 cm³/mol. The van der Waals surface area contributed by atoms with Gasteiger partial charge in [0.1, 0.15) is 5.69 Å². The van der Waals surface area contributed by atoms with Gasteiger partial charge in [0.2, 0.25) is 0 Å². The summed E-state index contributed by atoms with van der Waals surface area (Å²) < 4.78 is 6.71. The zero-order valence-electron chi connectivity index (χ0n) is 16.1. The van der Waals surface area contributed by atoms with Gasteiger partial charge in [0, 0.05) is 43.6 Å². The Morgan fingerprint density at radius 1 is 1.19 bits per heavy atom. The lowest BCUT2D eigenvalue weighted by atomic mass is 9.95. The number of carbonyl (C=O) groups excluding carboxylic acids is 1. The van der Waals surface area contributed by atoms with Crippen LogP contribution in [0.25, 0.3) is 10.9 Å². The van der Waals surface area contributed by atoms with Crippen molar-refractivity contribution in [3.63, 3.8) is 0 Å². The van der Waals surface area contributed by atoms with Crippen molar-refractivity contribution in [1.29, 1.82) is 0 Å². The van der Waals surface area contributed by atoms with E-state index >= 15 is 0 Å². The zero-order chi connectivity index (χ0) is 19.0. The van der Waals surface area contributed by atoms with Crippen LogP contribution in [0.5, 0.6) is 0 Å². The lowest BCUT2D eigenvalue weighted by Gasteiger charge is -2.39. The zero-order valence-corrected chi connectivity index (χ0v) is 17.7. The Kier molecular flexibility index (Phi) is 5.58. The third-order valence-corrected chi connectivity index (χ3v) is 6.59. The van der Waals surface area contributed by atoms with E-state index in [1.807, 2.05) is 29.2 Å². The molecule has 0 aliphatic carbocycles. The summed E-state index contributed by atoms with van der Waals surface area (Å²) in [6, 6.07) is 8.02. The molecule has 1 aromatic heterocycles. The van der Waals surface area contributed by atoms with Crippen LogP contribution in [-0.2, 0) is 4.74 Å². The normalized spacial score (nSPS) is 25.2. The predicted octanol–water partition coefficient (Wildman–Crippen LogP) is 3.89. The number of morpholine rings is 1. The van der Waals surface area contributed by atoms with Crippen molar-refractivity contribution in [1.82, 2.24) is 14.8 Å². The number of piperidine rings is 1. The van der Waals surface area contributed by atoms with Gasteiger partial charge < -0.3 is 14.6 Å². The number of para-hydroxylation sites is 1. The highest BCUT2D eigenvalue weighted by atomic mass is 79.9.